The zero-order chi connectivity index (χ0) is 7.73. The van der Waals surface area contributed by atoms with Crippen LogP contribution in [0.5, 0.6) is 0 Å². The van der Waals surface area contributed by atoms with E-state index in [-0.39, 0.29) is 0 Å². The van der Waals surface area contributed by atoms with Crippen molar-refractivity contribution < 1.29 is 0 Å². The molecule has 1 spiro atoms. The van der Waals surface area contributed by atoms with Gasteiger partial charge in [0.15, 0.2) is 0 Å². The molecular weight excluding hydrogens is 134 g/mol. The lowest BCUT2D eigenvalue weighted by Gasteiger charge is -2.34. The maximum absolute atomic E-state index is 3.54. The van der Waals surface area contributed by atoms with Gasteiger partial charge in [0, 0.05) is 6.54 Å². The molecule has 1 heterocycles. The summed E-state index contributed by atoms with van der Waals surface area (Å²) >= 11 is 0. The molecule has 1 N–H and O–H groups in total. The highest BCUT2D eigenvalue weighted by molar-refractivity contribution is 4.91. The number of piperidine rings is 1. The molecule has 0 aromatic rings. The Morgan fingerprint density at radius 3 is 2.82 bits per heavy atom. The van der Waals surface area contributed by atoms with Gasteiger partial charge in [-0.25, -0.2) is 0 Å². The molecule has 1 heteroatoms. The first-order chi connectivity index (χ1) is 5.31. The van der Waals surface area contributed by atoms with Crippen molar-refractivity contribution in [1.29, 1.82) is 0 Å². The second-order valence-electron chi connectivity index (χ2n) is 4.63. The second kappa shape index (κ2) is 2.78. The summed E-state index contributed by atoms with van der Waals surface area (Å²) in [6.07, 6.45) is 7.35. The van der Waals surface area contributed by atoms with Gasteiger partial charge in [0.25, 0.3) is 0 Å². The zero-order valence-electron chi connectivity index (χ0n) is 7.53. The van der Waals surface area contributed by atoms with Crippen LogP contribution < -0.4 is 5.32 Å². The Kier molecular flexibility index (Phi) is 1.92. The molecule has 1 saturated heterocycles. The summed E-state index contributed by atoms with van der Waals surface area (Å²) < 4.78 is 0. The van der Waals surface area contributed by atoms with Gasteiger partial charge in [-0.3, -0.25) is 0 Å². The van der Waals surface area contributed by atoms with Gasteiger partial charge in [0.1, 0.15) is 0 Å². The van der Waals surface area contributed by atoms with Crippen molar-refractivity contribution in [1.82, 2.24) is 5.32 Å². The summed E-state index contributed by atoms with van der Waals surface area (Å²) in [4.78, 5) is 0. The lowest BCUT2D eigenvalue weighted by molar-refractivity contribution is 0.210. The van der Waals surface area contributed by atoms with E-state index in [0.717, 1.165) is 11.3 Å². The van der Waals surface area contributed by atoms with Gasteiger partial charge >= 0.3 is 0 Å². The number of hydrogen-bond donors (Lipinski definition) is 1. The Labute approximate surface area is 69.6 Å². The van der Waals surface area contributed by atoms with E-state index in [1.54, 1.807) is 0 Å². The smallest absolute Gasteiger partial charge is 0.000792 e. The van der Waals surface area contributed by atoms with E-state index in [0.29, 0.717) is 0 Å². The standard InChI is InChI=1S/C10H19N/c1-9-3-5-10(7-9)4-2-6-11-8-10/h9,11H,2-8H2,1H3. The van der Waals surface area contributed by atoms with Crippen molar-refractivity contribution in [3.8, 4) is 0 Å². The van der Waals surface area contributed by atoms with Crippen LogP contribution >= 0.6 is 0 Å². The van der Waals surface area contributed by atoms with E-state index in [4.69, 9.17) is 0 Å². The molecule has 0 aromatic heterocycles. The Balaban J connectivity index is 1.98. The first kappa shape index (κ1) is 7.60. The third-order valence-electron chi connectivity index (χ3n) is 3.51. The van der Waals surface area contributed by atoms with Crippen molar-refractivity contribution in [3.63, 3.8) is 0 Å². The maximum atomic E-state index is 3.54. The van der Waals surface area contributed by atoms with Crippen LogP contribution in [0.1, 0.15) is 39.0 Å². The van der Waals surface area contributed by atoms with E-state index in [1.807, 2.05) is 0 Å². The van der Waals surface area contributed by atoms with Crippen LogP contribution in [0.15, 0.2) is 0 Å². The summed E-state index contributed by atoms with van der Waals surface area (Å²) in [5, 5.41) is 3.54. The van der Waals surface area contributed by atoms with Gasteiger partial charge in [-0.15, -0.1) is 0 Å². The van der Waals surface area contributed by atoms with Gasteiger partial charge in [-0.05, 0) is 43.6 Å². The zero-order valence-corrected chi connectivity index (χ0v) is 7.53. The molecular formula is C10H19N. The molecule has 2 atom stereocenters. The molecule has 1 nitrogen and oxygen atoms in total. The van der Waals surface area contributed by atoms with Crippen molar-refractivity contribution in [2.75, 3.05) is 13.1 Å². The lowest BCUT2D eigenvalue weighted by atomic mass is 9.79. The lowest BCUT2D eigenvalue weighted by Crippen LogP contribution is -2.38. The van der Waals surface area contributed by atoms with Crippen LogP contribution in [0.3, 0.4) is 0 Å². The summed E-state index contributed by atoms with van der Waals surface area (Å²) in [6.45, 7) is 4.97. The minimum atomic E-state index is 0.734. The van der Waals surface area contributed by atoms with E-state index < -0.39 is 0 Å². The fraction of sp³-hybridized carbons (Fsp3) is 1.00. The minimum Gasteiger partial charge on any atom is -0.316 e. The van der Waals surface area contributed by atoms with E-state index in [1.165, 1.54) is 45.2 Å². The largest absolute Gasteiger partial charge is 0.316 e. The summed E-state index contributed by atoms with van der Waals surface area (Å²) in [6, 6.07) is 0. The first-order valence-electron chi connectivity index (χ1n) is 5.02. The quantitative estimate of drug-likeness (QED) is 0.562. The van der Waals surface area contributed by atoms with Crippen LogP contribution in [0.25, 0.3) is 0 Å². The molecule has 1 saturated carbocycles. The predicted octanol–water partition coefficient (Wildman–Crippen LogP) is 2.18. The van der Waals surface area contributed by atoms with Gasteiger partial charge in [0.2, 0.25) is 0 Å². The summed E-state index contributed by atoms with van der Waals surface area (Å²) in [5.74, 6) is 0.995. The van der Waals surface area contributed by atoms with Crippen molar-refractivity contribution in [3.05, 3.63) is 0 Å². The number of rotatable bonds is 0. The Morgan fingerprint density at radius 2 is 2.27 bits per heavy atom. The minimum absolute atomic E-state index is 0.734. The monoisotopic (exact) mass is 153 g/mol. The van der Waals surface area contributed by atoms with E-state index in [9.17, 15) is 0 Å². The molecule has 1 aliphatic heterocycles. The molecule has 11 heavy (non-hydrogen) atoms. The first-order valence-corrected chi connectivity index (χ1v) is 5.02. The molecule has 2 aliphatic rings. The SMILES string of the molecule is CC1CCC2(CCCNC2)C1. The molecule has 0 amide bonds. The predicted molar refractivity (Wildman–Crippen MR) is 47.6 cm³/mol. The van der Waals surface area contributed by atoms with Crippen LogP contribution in [0.4, 0.5) is 0 Å². The third kappa shape index (κ3) is 1.44. The summed E-state index contributed by atoms with van der Waals surface area (Å²) in [7, 11) is 0. The van der Waals surface area contributed by atoms with Gasteiger partial charge in [-0.1, -0.05) is 13.3 Å². The van der Waals surface area contributed by atoms with Crippen LogP contribution in [-0.2, 0) is 0 Å². The average molecular weight is 153 g/mol. The fourth-order valence-corrected chi connectivity index (χ4v) is 2.91. The molecule has 0 aromatic carbocycles. The molecule has 0 radical (unpaired) electrons. The van der Waals surface area contributed by atoms with E-state index >= 15 is 0 Å². The molecule has 2 unspecified atom stereocenters. The molecule has 2 rings (SSSR count). The van der Waals surface area contributed by atoms with Crippen molar-refractivity contribution >= 4 is 0 Å². The molecule has 2 fully saturated rings. The second-order valence-corrected chi connectivity index (χ2v) is 4.63. The third-order valence-corrected chi connectivity index (χ3v) is 3.51. The van der Waals surface area contributed by atoms with Crippen LogP contribution in [-0.4, -0.2) is 13.1 Å². The Morgan fingerprint density at radius 1 is 1.36 bits per heavy atom. The Hall–Kier alpha value is -0.0400. The fourth-order valence-electron chi connectivity index (χ4n) is 2.91. The highest BCUT2D eigenvalue weighted by Gasteiger charge is 2.37. The topological polar surface area (TPSA) is 12.0 Å². The number of nitrogens with one attached hydrogen (secondary N) is 1. The highest BCUT2D eigenvalue weighted by atomic mass is 14.9. The molecule has 1 aliphatic carbocycles. The van der Waals surface area contributed by atoms with Crippen LogP contribution in [0, 0.1) is 11.3 Å². The van der Waals surface area contributed by atoms with E-state index in [2.05, 4.69) is 12.2 Å². The average Bonchev–Trinajstić information content (AvgIpc) is 2.34. The van der Waals surface area contributed by atoms with Crippen molar-refractivity contribution in [2.24, 2.45) is 11.3 Å². The number of hydrogen-bond acceptors (Lipinski definition) is 1. The normalized spacial score (nSPS) is 45.0. The van der Waals surface area contributed by atoms with Crippen LogP contribution in [0.2, 0.25) is 0 Å². The van der Waals surface area contributed by atoms with Gasteiger partial charge in [0.05, 0.1) is 0 Å². The Bertz CT molecular complexity index is 130. The van der Waals surface area contributed by atoms with Gasteiger partial charge in [-0.2, -0.15) is 0 Å². The maximum Gasteiger partial charge on any atom is 0.000792 e. The molecule has 0 bridgehead atoms. The van der Waals surface area contributed by atoms with Gasteiger partial charge < -0.3 is 5.32 Å². The highest BCUT2D eigenvalue weighted by Crippen LogP contribution is 2.45. The molecule has 64 valence electrons. The van der Waals surface area contributed by atoms with Crippen molar-refractivity contribution in [2.45, 2.75) is 39.0 Å². The summed E-state index contributed by atoms with van der Waals surface area (Å²) in [5.41, 5.74) is 0.734.